The van der Waals surface area contributed by atoms with Crippen LogP contribution in [0, 0.1) is 0 Å². The fourth-order valence-electron chi connectivity index (χ4n) is 2.23. The van der Waals surface area contributed by atoms with Crippen molar-refractivity contribution in [1.82, 2.24) is 5.32 Å². The van der Waals surface area contributed by atoms with E-state index in [0.29, 0.717) is 0 Å². The first-order valence-corrected chi connectivity index (χ1v) is 8.38. The molecule has 3 rings (SSSR count). The Morgan fingerprint density at radius 3 is 2.95 bits per heavy atom. The Morgan fingerprint density at radius 1 is 1.38 bits per heavy atom. The van der Waals surface area contributed by atoms with Gasteiger partial charge >= 0.3 is 0 Å². The number of fused-ring (bicyclic) bond motifs is 1. The summed E-state index contributed by atoms with van der Waals surface area (Å²) in [7, 11) is 1.66. The average Bonchev–Trinajstić information content (AvgIpc) is 3.10. The zero-order chi connectivity index (χ0) is 14.8. The summed E-state index contributed by atoms with van der Waals surface area (Å²) in [5.74, 6) is 1.69. The number of hydrogen-bond acceptors (Lipinski definition) is 4. The topological polar surface area (TPSA) is 34.4 Å². The summed E-state index contributed by atoms with van der Waals surface area (Å²) in [5, 5.41) is 6.63. The number of furan rings is 1. The molecule has 0 aliphatic heterocycles. The SMILES string of the molecule is COc1cccc2cc(C(C)NCc3sccc3Br)oc12. The molecule has 0 aliphatic carbocycles. The van der Waals surface area contributed by atoms with E-state index in [9.17, 15) is 0 Å². The molecular weight excluding hydrogens is 350 g/mol. The minimum absolute atomic E-state index is 0.135. The van der Waals surface area contributed by atoms with E-state index in [4.69, 9.17) is 9.15 Å². The van der Waals surface area contributed by atoms with Gasteiger partial charge in [0.1, 0.15) is 5.76 Å². The number of ether oxygens (including phenoxy) is 1. The van der Waals surface area contributed by atoms with Crippen LogP contribution in [-0.2, 0) is 6.54 Å². The number of rotatable bonds is 5. The van der Waals surface area contributed by atoms with Crippen LogP contribution in [0.25, 0.3) is 11.0 Å². The molecule has 1 aromatic carbocycles. The number of halogens is 1. The molecule has 3 nitrogen and oxygen atoms in total. The summed E-state index contributed by atoms with van der Waals surface area (Å²) in [6.07, 6.45) is 0. The molecule has 2 heterocycles. The van der Waals surface area contributed by atoms with Crippen LogP contribution in [-0.4, -0.2) is 7.11 Å². The van der Waals surface area contributed by atoms with Crippen LogP contribution in [0.3, 0.4) is 0 Å². The smallest absolute Gasteiger partial charge is 0.176 e. The van der Waals surface area contributed by atoms with Crippen LogP contribution < -0.4 is 10.1 Å². The second-order valence-electron chi connectivity index (χ2n) is 4.82. The predicted octanol–water partition coefficient (Wildman–Crippen LogP) is 5.12. The molecule has 1 unspecified atom stereocenters. The van der Waals surface area contributed by atoms with Crippen LogP contribution in [0.5, 0.6) is 5.75 Å². The second kappa shape index (κ2) is 6.22. The Labute approximate surface area is 136 Å². The molecule has 1 atom stereocenters. The maximum atomic E-state index is 5.96. The Kier molecular flexibility index (Phi) is 4.33. The molecule has 2 aromatic heterocycles. The van der Waals surface area contributed by atoms with Crippen molar-refractivity contribution < 1.29 is 9.15 Å². The van der Waals surface area contributed by atoms with E-state index in [0.717, 1.165) is 33.5 Å². The lowest BCUT2D eigenvalue weighted by Crippen LogP contribution is -2.17. The van der Waals surface area contributed by atoms with Gasteiger partial charge in [-0.1, -0.05) is 12.1 Å². The number of hydrogen-bond donors (Lipinski definition) is 1. The first kappa shape index (κ1) is 14.6. The van der Waals surface area contributed by atoms with Crippen LogP contribution in [0.15, 0.2) is 44.6 Å². The maximum Gasteiger partial charge on any atom is 0.176 e. The van der Waals surface area contributed by atoms with Crippen molar-refractivity contribution in [3.8, 4) is 5.75 Å². The highest BCUT2D eigenvalue weighted by atomic mass is 79.9. The molecule has 0 fully saturated rings. The number of nitrogens with one attached hydrogen (secondary N) is 1. The minimum Gasteiger partial charge on any atom is -0.493 e. The van der Waals surface area contributed by atoms with Crippen LogP contribution >= 0.6 is 27.3 Å². The standard InChI is InChI=1S/C16H16BrNO2S/c1-10(18-9-15-12(17)6-7-21-15)14-8-11-4-3-5-13(19-2)16(11)20-14/h3-8,10,18H,9H2,1-2H3. The van der Waals surface area contributed by atoms with Gasteiger partial charge in [0, 0.05) is 21.3 Å². The summed E-state index contributed by atoms with van der Waals surface area (Å²) in [6, 6.07) is 10.2. The molecule has 5 heteroatoms. The van der Waals surface area contributed by atoms with E-state index in [1.54, 1.807) is 18.4 Å². The molecule has 3 aromatic rings. The fraction of sp³-hybridized carbons (Fsp3) is 0.250. The quantitative estimate of drug-likeness (QED) is 0.681. The Balaban J connectivity index is 1.78. The van der Waals surface area contributed by atoms with E-state index in [-0.39, 0.29) is 6.04 Å². The third kappa shape index (κ3) is 3.00. The van der Waals surface area contributed by atoms with Gasteiger partial charge in [0.2, 0.25) is 0 Å². The Morgan fingerprint density at radius 2 is 2.24 bits per heavy atom. The zero-order valence-corrected chi connectivity index (χ0v) is 14.3. The highest BCUT2D eigenvalue weighted by molar-refractivity contribution is 9.10. The van der Waals surface area contributed by atoms with Crippen molar-refractivity contribution in [3.63, 3.8) is 0 Å². The number of thiophene rings is 1. The van der Waals surface area contributed by atoms with Gasteiger partial charge in [-0.05, 0) is 46.4 Å². The van der Waals surface area contributed by atoms with Crippen LogP contribution in [0.2, 0.25) is 0 Å². The molecule has 0 bridgehead atoms. The third-order valence-corrected chi connectivity index (χ3v) is 5.36. The molecule has 1 N–H and O–H groups in total. The first-order chi connectivity index (χ1) is 10.2. The van der Waals surface area contributed by atoms with E-state index < -0.39 is 0 Å². The molecule has 0 saturated carbocycles. The third-order valence-electron chi connectivity index (χ3n) is 3.43. The van der Waals surface area contributed by atoms with Gasteiger partial charge in [0.15, 0.2) is 11.3 Å². The highest BCUT2D eigenvalue weighted by Crippen LogP contribution is 2.31. The van der Waals surface area contributed by atoms with Crippen molar-refractivity contribution in [2.75, 3.05) is 7.11 Å². The molecule has 0 spiro atoms. The Hall–Kier alpha value is -1.30. The molecule has 0 aliphatic rings. The zero-order valence-electron chi connectivity index (χ0n) is 11.9. The van der Waals surface area contributed by atoms with Crippen molar-refractivity contribution in [2.45, 2.75) is 19.5 Å². The Bertz CT molecular complexity index is 750. The van der Waals surface area contributed by atoms with Gasteiger partial charge in [0.25, 0.3) is 0 Å². The van der Waals surface area contributed by atoms with Gasteiger partial charge in [-0.2, -0.15) is 0 Å². The van der Waals surface area contributed by atoms with E-state index in [1.807, 2.05) is 18.2 Å². The van der Waals surface area contributed by atoms with Crippen LogP contribution in [0.1, 0.15) is 23.6 Å². The first-order valence-electron chi connectivity index (χ1n) is 6.70. The average molecular weight is 366 g/mol. The van der Waals surface area contributed by atoms with Gasteiger partial charge in [0.05, 0.1) is 13.2 Å². The van der Waals surface area contributed by atoms with Crippen molar-refractivity contribution >= 4 is 38.2 Å². The van der Waals surface area contributed by atoms with E-state index in [1.165, 1.54) is 4.88 Å². The molecular formula is C16H16BrNO2S. The molecule has 0 amide bonds. The van der Waals surface area contributed by atoms with Gasteiger partial charge in [-0.15, -0.1) is 11.3 Å². The lowest BCUT2D eigenvalue weighted by atomic mass is 10.2. The van der Waals surface area contributed by atoms with Crippen molar-refractivity contribution in [1.29, 1.82) is 0 Å². The van der Waals surface area contributed by atoms with Crippen molar-refractivity contribution in [2.24, 2.45) is 0 Å². The number of benzene rings is 1. The highest BCUT2D eigenvalue weighted by Gasteiger charge is 2.14. The molecule has 110 valence electrons. The van der Waals surface area contributed by atoms with Gasteiger partial charge < -0.3 is 14.5 Å². The van der Waals surface area contributed by atoms with Gasteiger partial charge in [-0.3, -0.25) is 0 Å². The lowest BCUT2D eigenvalue weighted by molar-refractivity contribution is 0.400. The molecule has 0 saturated heterocycles. The minimum atomic E-state index is 0.135. The number of methoxy groups -OCH3 is 1. The largest absolute Gasteiger partial charge is 0.493 e. The maximum absolute atomic E-state index is 5.96. The second-order valence-corrected chi connectivity index (χ2v) is 6.68. The van der Waals surface area contributed by atoms with Crippen molar-refractivity contribution in [3.05, 3.63) is 50.8 Å². The summed E-state index contributed by atoms with van der Waals surface area (Å²) in [5.41, 5.74) is 0.806. The molecule has 21 heavy (non-hydrogen) atoms. The fourth-order valence-corrected chi connectivity index (χ4v) is 3.67. The summed E-state index contributed by atoms with van der Waals surface area (Å²) >= 11 is 5.29. The van der Waals surface area contributed by atoms with Gasteiger partial charge in [-0.25, -0.2) is 0 Å². The predicted molar refractivity (Wildman–Crippen MR) is 90.0 cm³/mol. The molecule has 0 radical (unpaired) electrons. The monoisotopic (exact) mass is 365 g/mol. The van der Waals surface area contributed by atoms with E-state index in [2.05, 4.69) is 45.7 Å². The lowest BCUT2D eigenvalue weighted by Gasteiger charge is -2.10. The van der Waals surface area contributed by atoms with Crippen LogP contribution in [0.4, 0.5) is 0 Å². The summed E-state index contributed by atoms with van der Waals surface area (Å²) < 4.78 is 12.4. The summed E-state index contributed by atoms with van der Waals surface area (Å²) in [4.78, 5) is 1.29. The summed E-state index contributed by atoms with van der Waals surface area (Å²) in [6.45, 7) is 2.92. The number of para-hydroxylation sites is 1. The normalized spacial score (nSPS) is 12.7. The van der Waals surface area contributed by atoms with E-state index >= 15 is 0 Å².